The number of esters is 1. The number of amides is 1. The third kappa shape index (κ3) is 3.14. The Bertz CT molecular complexity index is 798. The van der Waals surface area contributed by atoms with Crippen molar-refractivity contribution in [1.29, 1.82) is 0 Å². The molecule has 0 saturated carbocycles. The fourth-order valence-electron chi connectivity index (χ4n) is 3.75. The van der Waals surface area contributed by atoms with Gasteiger partial charge in [0.2, 0.25) is 5.91 Å². The maximum Gasteiger partial charge on any atom is 0.302 e. The summed E-state index contributed by atoms with van der Waals surface area (Å²) in [4.78, 5) is 27.1. The van der Waals surface area contributed by atoms with Crippen molar-refractivity contribution < 1.29 is 19.1 Å². The number of carbonyl (C=O) groups excluding carboxylic acids is 2. The average molecular weight is 344 g/mol. The van der Waals surface area contributed by atoms with Crippen LogP contribution in [0.1, 0.15) is 31.5 Å². The van der Waals surface area contributed by atoms with Crippen LogP contribution in [-0.4, -0.2) is 37.1 Å². The Labute approximate surface area is 146 Å². The summed E-state index contributed by atoms with van der Waals surface area (Å²) in [6.45, 7) is 4.03. The van der Waals surface area contributed by atoms with Crippen LogP contribution in [0.15, 0.2) is 24.3 Å². The first-order valence-corrected chi connectivity index (χ1v) is 8.56. The summed E-state index contributed by atoms with van der Waals surface area (Å²) in [5, 5.41) is 3.89. The second-order valence-corrected chi connectivity index (χ2v) is 6.53. The van der Waals surface area contributed by atoms with Crippen LogP contribution in [-0.2, 0) is 31.1 Å². The number of rotatable bonds is 5. The number of para-hydroxylation sites is 1. The van der Waals surface area contributed by atoms with Gasteiger partial charge in [-0.25, -0.2) is 0 Å². The lowest BCUT2D eigenvalue weighted by Gasteiger charge is -2.39. The maximum absolute atomic E-state index is 12.6. The number of nitrogens with one attached hydrogen (secondary N) is 2. The highest BCUT2D eigenvalue weighted by Gasteiger charge is 2.45. The zero-order valence-electron chi connectivity index (χ0n) is 14.8. The number of aromatic nitrogens is 1. The molecule has 0 saturated heterocycles. The standard InChI is InChI=1S/C19H24N2O4/c1-12(22)24-10-9-15(18(23)20-3)19(2)17-14(8-11-25-19)13-6-4-5-7-16(13)21-17/h4-7,15,21H,8-11H2,1-3H3,(H,20,23). The zero-order valence-corrected chi connectivity index (χ0v) is 14.8. The predicted molar refractivity (Wildman–Crippen MR) is 94.1 cm³/mol. The number of hydrogen-bond donors (Lipinski definition) is 2. The van der Waals surface area contributed by atoms with E-state index in [-0.39, 0.29) is 18.5 Å². The van der Waals surface area contributed by atoms with Crippen LogP contribution in [0.4, 0.5) is 0 Å². The van der Waals surface area contributed by atoms with Crippen molar-refractivity contribution >= 4 is 22.8 Å². The Balaban J connectivity index is 2.01. The Hall–Kier alpha value is -2.34. The van der Waals surface area contributed by atoms with Gasteiger partial charge in [0.05, 0.1) is 24.8 Å². The fourth-order valence-corrected chi connectivity index (χ4v) is 3.75. The number of ether oxygens (including phenoxy) is 2. The number of carbonyl (C=O) groups is 2. The summed E-state index contributed by atoms with van der Waals surface area (Å²) in [6, 6.07) is 8.12. The van der Waals surface area contributed by atoms with Gasteiger partial charge in [-0.1, -0.05) is 18.2 Å². The third-order valence-electron chi connectivity index (χ3n) is 5.00. The molecule has 1 aliphatic rings. The molecule has 6 heteroatoms. The molecule has 2 N–H and O–H groups in total. The van der Waals surface area contributed by atoms with Crippen LogP contribution in [0.5, 0.6) is 0 Å². The average Bonchev–Trinajstić information content (AvgIpc) is 2.98. The van der Waals surface area contributed by atoms with Crippen LogP contribution in [0.2, 0.25) is 0 Å². The molecular weight excluding hydrogens is 320 g/mol. The number of aromatic amines is 1. The lowest BCUT2D eigenvalue weighted by atomic mass is 9.79. The van der Waals surface area contributed by atoms with Crippen LogP contribution in [0.25, 0.3) is 10.9 Å². The number of H-pyrrole nitrogens is 1. The van der Waals surface area contributed by atoms with E-state index in [1.165, 1.54) is 17.9 Å². The smallest absolute Gasteiger partial charge is 0.302 e. The van der Waals surface area contributed by atoms with Crippen molar-refractivity contribution in [2.45, 2.75) is 32.3 Å². The minimum absolute atomic E-state index is 0.124. The monoisotopic (exact) mass is 344 g/mol. The molecule has 2 aromatic rings. The summed E-state index contributed by atoms with van der Waals surface area (Å²) >= 11 is 0. The van der Waals surface area contributed by atoms with Gasteiger partial charge in [-0.3, -0.25) is 9.59 Å². The van der Waals surface area contributed by atoms with Gasteiger partial charge in [-0.15, -0.1) is 0 Å². The highest BCUT2D eigenvalue weighted by Crippen LogP contribution is 2.42. The molecule has 1 aromatic heterocycles. The van der Waals surface area contributed by atoms with E-state index in [1.54, 1.807) is 7.05 Å². The predicted octanol–water partition coefficient (Wildman–Crippen LogP) is 2.27. The molecule has 0 aliphatic carbocycles. The molecule has 1 aliphatic heterocycles. The number of hydrogen-bond acceptors (Lipinski definition) is 4. The second-order valence-electron chi connectivity index (χ2n) is 6.53. The summed E-state index contributed by atoms with van der Waals surface area (Å²) < 4.78 is 11.2. The van der Waals surface area contributed by atoms with Crippen molar-refractivity contribution in [3.8, 4) is 0 Å². The van der Waals surface area contributed by atoms with Gasteiger partial charge in [0.15, 0.2) is 0 Å². The van der Waals surface area contributed by atoms with Crippen molar-refractivity contribution in [2.24, 2.45) is 5.92 Å². The van der Waals surface area contributed by atoms with Crippen LogP contribution in [0, 0.1) is 5.92 Å². The topological polar surface area (TPSA) is 80.4 Å². The van der Waals surface area contributed by atoms with E-state index in [2.05, 4.69) is 16.4 Å². The van der Waals surface area contributed by atoms with Crippen molar-refractivity contribution in [1.82, 2.24) is 10.3 Å². The molecule has 134 valence electrons. The van der Waals surface area contributed by atoms with Gasteiger partial charge in [0, 0.05) is 24.9 Å². The van der Waals surface area contributed by atoms with Crippen molar-refractivity contribution in [3.63, 3.8) is 0 Å². The van der Waals surface area contributed by atoms with Gasteiger partial charge >= 0.3 is 5.97 Å². The fraction of sp³-hybridized carbons (Fsp3) is 0.474. The van der Waals surface area contributed by atoms with Gasteiger partial charge < -0.3 is 19.8 Å². The van der Waals surface area contributed by atoms with E-state index >= 15 is 0 Å². The lowest BCUT2D eigenvalue weighted by molar-refractivity contribution is -0.151. The highest BCUT2D eigenvalue weighted by molar-refractivity contribution is 5.86. The molecule has 1 aromatic carbocycles. The minimum Gasteiger partial charge on any atom is -0.466 e. The maximum atomic E-state index is 12.6. The molecule has 25 heavy (non-hydrogen) atoms. The minimum atomic E-state index is -0.799. The molecule has 0 spiro atoms. The number of fused-ring (bicyclic) bond motifs is 3. The Morgan fingerprint density at radius 3 is 2.88 bits per heavy atom. The molecule has 2 heterocycles. The molecule has 6 nitrogen and oxygen atoms in total. The molecule has 0 radical (unpaired) electrons. The molecule has 0 bridgehead atoms. The highest BCUT2D eigenvalue weighted by atomic mass is 16.5. The Kier molecular flexibility index (Phi) is 4.81. The molecule has 2 unspecified atom stereocenters. The van der Waals surface area contributed by atoms with Crippen LogP contribution >= 0.6 is 0 Å². The molecule has 1 amide bonds. The molecular formula is C19H24N2O4. The van der Waals surface area contributed by atoms with Crippen LogP contribution in [0.3, 0.4) is 0 Å². The van der Waals surface area contributed by atoms with Crippen LogP contribution < -0.4 is 5.32 Å². The van der Waals surface area contributed by atoms with Crippen molar-refractivity contribution in [3.05, 3.63) is 35.5 Å². The van der Waals surface area contributed by atoms with Crippen molar-refractivity contribution in [2.75, 3.05) is 20.3 Å². The summed E-state index contributed by atoms with van der Waals surface area (Å²) in [5.74, 6) is -0.943. The summed E-state index contributed by atoms with van der Waals surface area (Å²) in [5.41, 5.74) is 2.38. The normalized spacial score (nSPS) is 20.8. The van der Waals surface area contributed by atoms with E-state index in [0.717, 1.165) is 17.6 Å². The largest absolute Gasteiger partial charge is 0.466 e. The summed E-state index contributed by atoms with van der Waals surface area (Å²) in [7, 11) is 1.61. The number of benzene rings is 1. The molecule has 0 fully saturated rings. The first-order chi connectivity index (χ1) is 12.0. The quantitative estimate of drug-likeness (QED) is 0.816. The van der Waals surface area contributed by atoms with E-state index in [1.807, 2.05) is 25.1 Å². The Morgan fingerprint density at radius 1 is 1.40 bits per heavy atom. The van der Waals surface area contributed by atoms with Gasteiger partial charge in [-0.05, 0) is 31.4 Å². The first kappa shape index (κ1) is 17.5. The first-order valence-electron chi connectivity index (χ1n) is 8.56. The Morgan fingerprint density at radius 2 is 2.16 bits per heavy atom. The second kappa shape index (κ2) is 6.88. The van der Waals surface area contributed by atoms with E-state index in [0.29, 0.717) is 13.0 Å². The lowest BCUT2D eigenvalue weighted by Crippen LogP contribution is -2.47. The van der Waals surface area contributed by atoms with Gasteiger partial charge in [-0.2, -0.15) is 0 Å². The van der Waals surface area contributed by atoms with Gasteiger partial charge in [0.1, 0.15) is 5.60 Å². The third-order valence-corrected chi connectivity index (χ3v) is 5.00. The zero-order chi connectivity index (χ0) is 18.0. The van der Waals surface area contributed by atoms with E-state index < -0.39 is 11.5 Å². The molecule has 2 atom stereocenters. The SMILES string of the molecule is CNC(=O)C(CCOC(C)=O)C1(C)OCCc2c1[nH]c1ccccc21. The molecule has 3 rings (SSSR count). The van der Waals surface area contributed by atoms with E-state index in [9.17, 15) is 9.59 Å². The summed E-state index contributed by atoms with van der Waals surface area (Å²) in [6.07, 6.45) is 1.20. The van der Waals surface area contributed by atoms with Gasteiger partial charge in [0.25, 0.3) is 0 Å². The van der Waals surface area contributed by atoms with E-state index in [4.69, 9.17) is 9.47 Å².